The van der Waals surface area contributed by atoms with Crippen LogP contribution < -0.4 is 5.43 Å². The Morgan fingerprint density at radius 2 is 1.71 bits per heavy atom. The number of hydrogen-bond acceptors (Lipinski definition) is 6. The summed E-state index contributed by atoms with van der Waals surface area (Å²) in [5.74, 6) is -0.519. The van der Waals surface area contributed by atoms with Crippen molar-refractivity contribution in [2.75, 3.05) is 5.75 Å². The first-order valence-corrected chi connectivity index (χ1v) is 11.4. The Kier molecular flexibility index (Phi) is 7.14. The van der Waals surface area contributed by atoms with Crippen molar-refractivity contribution in [1.29, 1.82) is 0 Å². The number of hydrogen-bond donors (Lipinski definition) is 2. The summed E-state index contributed by atoms with van der Waals surface area (Å²) in [6.45, 7) is 2.02. The van der Waals surface area contributed by atoms with Gasteiger partial charge in [-0.05, 0) is 36.8 Å². The maximum Gasteiger partial charge on any atom is 0.335 e. The lowest BCUT2D eigenvalue weighted by molar-refractivity contribution is -0.118. The number of nitrogens with one attached hydrogen (secondary N) is 1. The lowest BCUT2D eigenvalue weighted by Gasteiger charge is -2.10. The fourth-order valence-corrected chi connectivity index (χ4v) is 3.86. The van der Waals surface area contributed by atoms with Gasteiger partial charge >= 0.3 is 5.97 Å². The number of aryl methyl sites for hydroxylation is 1. The molecule has 8 nitrogen and oxygen atoms in total. The van der Waals surface area contributed by atoms with Crippen LogP contribution in [-0.4, -0.2) is 43.7 Å². The van der Waals surface area contributed by atoms with E-state index in [0.717, 1.165) is 16.8 Å². The third kappa shape index (κ3) is 5.57. The fraction of sp³-hybridized carbons (Fsp3) is 0.0800. The van der Waals surface area contributed by atoms with Gasteiger partial charge in [-0.25, -0.2) is 10.2 Å². The topological polar surface area (TPSA) is 109 Å². The number of aromatic carboxylic acids is 1. The number of hydrazone groups is 1. The molecule has 0 atom stereocenters. The van der Waals surface area contributed by atoms with E-state index in [2.05, 4.69) is 20.7 Å². The molecule has 1 heterocycles. The van der Waals surface area contributed by atoms with Gasteiger partial charge < -0.3 is 5.11 Å². The van der Waals surface area contributed by atoms with E-state index in [1.807, 2.05) is 66.1 Å². The molecule has 0 saturated heterocycles. The van der Waals surface area contributed by atoms with Crippen molar-refractivity contribution in [3.05, 3.63) is 95.6 Å². The van der Waals surface area contributed by atoms with Gasteiger partial charge in [0.2, 0.25) is 0 Å². The Morgan fingerprint density at radius 1 is 1.00 bits per heavy atom. The number of carboxylic acid groups (broad SMARTS) is 1. The molecule has 4 aromatic rings. The summed E-state index contributed by atoms with van der Waals surface area (Å²) in [4.78, 5) is 23.3. The van der Waals surface area contributed by atoms with Crippen LogP contribution in [0.2, 0.25) is 0 Å². The van der Waals surface area contributed by atoms with E-state index >= 15 is 0 Å². The average molecular weight is 472 g/mol. The van der Waals surface area contributed by atoms with Gasteiger partial charge in [0.25, 0.3) is 5.91 Å². The zero-order valence-electron chi connectivity index (χ0n) is 18.3. The maximum absolute atomic E-state index is 12.3. The minimum atomic E-state index is -0.997. The van der Waals surface area contributed by atoms with E-state index < -0.39 is 5.97 Å². The Balaban J connectivity index is 1.46. The van der Waals surface area contributed by atoms with Crippen molar-refractivity contribution in [2.45, 2.75) is 12.1 Å². The van der Waals surface area contributed by atoms with Crippen molar-refractivity contribution < 1.29 is 14.7 Å². The van der Waals surface area contributed by atoms with E-state index in [-0.39, 0.29) is 17.2 Å². The van der Waals surface area contributed by atoms with Crippen LogP contribution in [0, 0.1) is 6.92 Å². The Labute approximate surface area is 200 Å². The highest BCUT2D eigenvalue weighted by molar-refractivity contribution is 7.99. The van der Waals surface area contributed by atoms with E-state index in [9.17, 15) is 9.59 Å². The molecule has 0 aliphatic heterocycles. The molecule has 0 aliphatic rings. The van der Waals surface area contributed by atoms with Crippen LogP contribution in [0.4, 0.5) is 0 Å². The van der Waals surface area contributed by atoms with Crippen molar-refractivity contribution in [3.8, 4) is 17.1 Å². The standard InChI is InChI=1S/C25H21N5O3S/c1-17-7-13-21(14-8-17)30-23(19-5-3-2-4-6-19)28-29-25(30)34-16-22(31)27-26-15-18-9-11-20(12-10-18)24(32)33/h2-15H,16H2,1H3,(H,27,31)(H,32,33)/b26-15-. The number of benzene rings is 3. The van der Waals surface area contributed by atoms with Gasteiger partial charge in [-0.2, -0.15) is 5.10 Å². The first-order chi connectivity index (χ1) is 16.5. The van der Waals surface area contributed by atoms with Crippen molar-refractivity contribution in [2.24, 2.45) is 5.10 Å². The molecular formula is C25H21N5O3S. The van der Waals surface area contributed by atoms with E-state index in [4.69, 9.17) is 5.11 Å². The van der Waals surface area contributed by atoms with Gasteiger partial charge in [0.1, 0.15) is 0 Å². The zero-order valence-corrected chi connectivity index (χ0v) is 19.1. The van der Waals surface area contributed by atoms with Gasteiger partial charge in [0.15, 0.2) is 11.0 Å². The van der Waals surface area contributed by atoms with Crippen LogP contribution >= 0.6 is 11.8 Å². The van der Waals surface area contributed by atoms with Gasteiger partial charge in [-0.1, -0.05) is 71.9 Å². The fourth-order valence-electron chi connectivity index (χ4n) is 3.12. The number of carbonyl (C=O) groups is 2. The van der Waals surface area contributed by atoms with Crippen LogP contribution in [0.3, 0.4) is 0 Å². The van der Waals surface area contributed by atoms with Crippen molar-refractivity contribution in [3.63, 3.8) is 0 Å². The van der Waals surface area contributed by atoms with Crippen molar-refractivity contribution >= 4 is 29.9 Å². The predicted molar refractivity (Wildman–Crippen MR) is 131 cm³/mol. The monoisotopic (exact) mass is 471 g/mol. The number of aromatic nitrogens is 3. The molecule has 34 heavy (non-hydrogen) atoms. The summed E-state index contributed by atoms with van der Waals surface area (Å²) < 4.78 is 1.93. The van der Waals surface area contributed by atoms with Crippen LogP contribution in [0.1, 0.15) is 21.5 Å². The van der Waals surface area contributed by atoms with Gasteiger partial charge in [0.05, 0.1) is 17.5 Å². The smallest absolute Gasteiger partial charge is 0.335 e. The first kappa shape index (κ1) is 22.9. The van der Waals surface area contributed by atoms with Gasteiger partial charge in [0, 0.05) is 11.3 Å². The van der Waals surface area contributed by atoms with Crippen LogP contribution in [0.25, 0.3) is 17.1 Å². The molecule has 9 heteroatoms. The average Bonchev–Trinajstić information content (AvgIpc) is 3.28. The second-order valence-electron chi connectivity index (χ2n) is 7.35. The van der Waals surface area contributed by atoms with Gasteiger partial charge in [-0.3, -0.25) is 9.36 Å². The predicted octanol–water partition coefficient (Wildman–Crippen LogP) is 4.18. The molecule has 1 aromatic heterocycles. The summed E-state index contributed by atoms with van der Waals surface area (Å²) in [6, 6.07) is 24.0. The second-order valence-corrected chi connectivity index (χ2v) is 8.29. The summed E-state index contributed by atoms with van der Waals surface area (Å²) in [5, 5.41) is 22.2. The molecule has 0 fully saturated rings. The Bertz CT molecular complexity index is 1320. The number of thioether (sulfide) groups is 1. The first-order valence-electron chi connectivity index (χ1n) is 10.4. The van der Waals surface area contributed by atoms with Crippen molar-refractivity contribution in [1.82, 2.24) is 20.2 Å². The van der Waals surface area contributed by atoms with E-state index in [0.29, 0.717) is 16.5 Å². The minimum Gasteiger partial charge on any atom is -0.478 e. The maximum atomic E-state index is 12.3. The Morgan fingerprint density at radius 3 is 2.38 bits per heavy atom. The molecule has 0 aliphatic carbocycles. The highest BCUT2D eigenvalue weighted by Gasteiger charge is 2.17. The number of amides is 1. The molecule has 170 valence electrons. The van der Waals surface area contributed by atoms with E-state index in [1.54, 1.807) is 12.1 Å². The number of carboxylic acids is 1. The molecule has 0 saturated carbocycles. The summed E-state index contributed by atoms with van der Waals surface area (Å²) >= 11 is 1.26. The second kappa shape index (κ2) is 10.6. The summed E-state index contributed by atoms with van der Waals surface area (Å²) in [5.41, 5.74) is 6.30. The van der Waals surface area contributed by atoms with Gasteiger partial charge in [-0.15, -0.1) is 10.2 Å². The molecule has 0 spiro atoms. The molecule has 1 amide bonds. The third-order valence-electron chi connectivity index (χ3n) is 4.85. The SMILES string of the molecule is Cc1ccc(-n2c(SCC(=O)N/N=C\c3ccc(C(=O)O)cc3)nnc2-c2ccccc2)cc1. The molecule has 3 aromatic carbocycles. The number of rotatable bonds is 8. The molecule has 4 rings (SSSR count). The quantitative estimate of drug-likeness (QED) is 0.227. The van der Waals surface area contributed by atoms with E-state index in [1.165, 1.54) is 30.1 Å². The highest BCUT2D eigenvalue weighted by Crippen LogP contribution is 2.28. The minimum absolute atomic E-state index is 0.0913. The summed E-state index contributed by atoms with van der Waals surface area (Å²) in [7, 11) is 0. The lowest BCUT2D eigenvalue weighted by Crippen LogP contribution is -2.20. The Hall–Kier alpha value is -4.24. The lowest BCUT2D eigenvalue weighted by atomic mass is 10.1. The normalized spacial score (nSPS) is 11.0. The number of nitrogens with zero attached hydrogens (tertiary/aromatic N) is 4. The molecule has 2 N–H and O–H groups in total. The third-order valence-corrected chi connectivity index (χ3v) is 5.78. The zero-order chi connectivity index (χ0) is 23.9. The highest BCUT2D eigenvalue weighted by atomic mass is 32.2. The molecular weight excluding hydrogens is 450 g/mol. The molecule has 0 bridgehead atoms. The van der Waals surface area contributed by atoms with Crippen LogP contribution in [0.5, 0.6) is 0 Å². The van der Waals surface area contributed by atoms with Crippen LogP contribution in [-0.2, 0) is 4.79 Å². The number of carbonyl (C=O) groups excluding carboxylic acids is 1. The summed E-state index contributed by atoms with van der Waals surface area (Å²) in [6.07, 6.45) is 1.45. The molecule has 0 radical (unpaired) electrons. The van der Waals surface area contributed by atoms with Crippen LogP contribution in [0.15, 0.2) is 89.1 Å². The largest absolute Gasteiger partial charge is 0.478 e. The molecule has 0 unspecified atom stereocenters.